The van der Waals surface area contributed by atoms with E-state index < -0.39 is 4.92 Å². The molecule has 0 bridgehead atoms. The highest BCUT2D eigenvalue weighted by Gasteiger charge is 2.09. The highest BCUT2D eigenvalue weighted by atomic mass is 16.6. The van der Waals surface area contributed by atoms with E-state index in [1.165, 1.54) is 24.3 Å². The molecule has 0 aliphatic carbocycles. The van der Waals surface area contributed by atoms with E-state index in [1.807, 2.05) is 0 Å². The lowest BCUT2D eigenvalue weighted by molar-refractivity contribution is -0.384. The Hall–Kier alpha value is -3.42. The van der Waals surface area contributed by atoms with Gasteiger partial charge in [-0.2, -0.15) is 0 Å². The van der Waals surface area contributed by atoms with Gasteiger partial charge in [-0.25, -0.2) is 0 Å². The molecule has 0 heterocycles. The fourth-order valence-electron chi connectivity index (χ4n) is 1.93. The average molecular weight is 357 g/mol. The summed E-state index contributed by atoms with van der Waals surface area (Å²) in [6.45, 7) is 3.37. The normalized spacial score (nSPS) is 10.3. The second-order valence-corrected chi connectivity index (χ2v) is 5.81. The maximum absolute atomic E-state index is 11.9. The number of hydrogen-bond acceptors (Lipinski definition) is 5. The van der Waals surface area contributed by atoms with Crippen molar-refractivity contribution in [3.63, 3.8) is 0 Å². The van der Waals surface area contributed by atoms with Crippen LogP contribution < -0.4 is 15.4 Å². The minimum atomic E-state index is -0.510. The van der Waals surface area contributed by atoms with Gasteiger partial charge in [0.05, 0.1) is 4.92 Å². The number of amides is 2. The number of nitrogens with one attached hydrogen (secondary N) is 2. The molecular weight excluding hydrogens is 338 g/mol. The number of anilines is 2. The molecule has 0 radical (unpaired) electrons. The number of non-ortho nitro benzene ring substituents is 1. The van der Waals surface area contributed by atoms with E-state index in [2.05, 4.69) is 10.6 Å². The number of nitrogens with zero attached hydrogens (tertiary/aromatic N) is 1. The molecule has 0 aromatic heterocycles. The molecule has 0 saturated carbocycles. The molecule has 0 fully saturated rings. The van der Waals surface area contributed by atoms with Crippen molar-refractivity contribution >= 4 is 28.9 Å². The number of benzene rings is 2. The molecule has 2 rings (SSSR count). The van der Waals surface area contributed by atoms with Crippen LogP contribution in [0.15, 0.2) is 48.5 Å². The zero-order valence-electron chi connectivity index (χ0n) is 14.4. The molecule has 0 aliphatic rings. The van der Waals surface area contributed by atoms with Crippen LogP contribution in [0.5, 0.6) is 5.75 Å². The SMILES string of the molecule is CC(C)C(=O)Nc1ccc(NC(=O)COc2ccc([N+](=O)[O-])cc2)cc1. The van der Waals surface area contributed by atoms with Gasteiger partial charge in [-0.15, -0.1) is 0 Å². The molecule has 0 spiro atoms. The molecule has 2 N–H and O–H groups in total. The van der Waals surface area contributed by atoms with E-state index in [1.54, 1.807) is 38.1 Å². The minimum Gasteiger partial charge on any atom is -0.484 e. The van der Waals surface area contributed by atoms with Gasteiger partial charge in [-0.05, 0) is 36.4 Å². The summed E-state index contributed by atoms with van der Waals surface area (Å²) in [5.74, 6) is -0.218. The third-order valence-electron chi connectivity index (χ3n) is 3.38. The van der Waals surface area contributed by atoms with Crippen molar-refractivity contribution in [2.75, 3.05) is 17.2 Å². The Balaban J connectivity index is 1.83. The third kappa shape index (κ3) is 5.59. The van der Waals surface area contributed by atoms with Gasteiger partial charge in [-0.1, -0.05) is 13.8 Å². The van der Waals surface area contributed by atoms with E-state index in [4.69, 9.17) is 4.74 Å². The summed E-state index contributed by atoms with van der Waals surface area (Å²) in [5, 5.41) is 16.0. The molecule has 0 saturated heterocycles. The Morgan fingerprint density at radius 1 is 1.00 bits per heavy atom. The number of nitro groups is 1. The largest absolute Gasteiger partial charge is 0.484 e. The molecule has 2 aromatic carbocycles. The second kappa shape index (κ2) is 8.61. The van der Waals surface area contributed by atoms with Crippen LogP contribution in [0.4, 0.5) is 17.1 Å². The first-order chi connectivity index (χ1) is 12.3. The van der Waals surface area contributed by atoms with Crippen molar-refractivity contribution in [1.29, 1.82) is 0 Å². The molecule has 8 heteroatoms. The molecule has 0 atom stereocenters. The lowest BCUT2D eigenvalue weighted by Crippen LogP contribution is -2.20. The van der Waals surface area contributed by atoms with Crippen molar-refractivity contribution in [1.82, 2.24) is 0 Å². The van der Waals surface area contributed by atoms with Crippen LogP contribution in [0.1, 0.15) is 13.8 Å². The highest BCUT2D eigenvalue weighted by Crippen LogP contribution is 2.18. The predicted molar refractivity (Wildman–Crippen MR) is 97.1 cm³/mol. The summed E-state index contributed by atoms with van der Waals surface area (Å²) in [6, 6.07) is 12.2. The van der Waals surface area contributed by atoms with Gasteiger partial charge in [0.2, 0.25) is 5.91 Å². The zero-order chi connectivity index (χ0) is 19.1. The molecule has 136 valence electrons. The van der Waals surface area contributed by atoms with Crippen molar-refractivity contribution in [3.8, 4) is 5.75 Å². The van der Waals surface area contributed by atoms with Crippen LogP contribution >= 0.6 is 0 Å². The van der Waals surface area contributed by atoms with E-state index in [0.29, 0.717) is 17.1 Å². The summed E-state index contributed by atoms with van der Waals surface area (Å²) in [7, 11) is 0. The first-order valence-corrected chi connectivity index (χ1v) is 7.93. The molecular formula is C18H19N3O5. The minimum absolute atomic E-state index is 0.0496. The maximum atomic E-state index is 11.9. The number of nitro benzene ring substituents is 1. The van der Waals surface area contributed by atoms with Gasteiger partial charge in [0.25, 0.3) is 11.6 Å². The number of rotatable bonds is 7. The smallest absolute Gasteiger partial charge is 0.269 e. The average Bonchev–Trinajstić information content (AvgIpc) is 2.62. The third-order valence-corrected chi connectivity index (χ3v) is 3.38. The van der Waals surface area contributed by atoms with Crippen molar-refractivity contribution in [2.24, 2.45) is 5.92 Å². The quantitative estimate of drug-likeness (QED) is 0.584. The second-order valence-electron chi connectivity index (χ2n) is 5.81. The van der Waals surface area contributed by atoms with Gasteiger partial charge in [0, 0.05) is 29.4 Å². The highest BCUT2D eigenvalue weighted by molar-refractivity contribution is 5.94. The Kier molecular flexibility index (Phi) is 6.26. The van der Waals surface area contributed by atoms with Crippen LogP contribution in [0.3, 0.4) is 0 Å². The van der Waals surface area contributed by atoms with Crippen LogP contribution in [0.2, 0.25) is 0 Å². The van der Waals surface area contributed by atoms with Crippen molar-refractivity contribution in [3.05, 3.63) is 58.6 Å². The van der Waals surface area contributed by atoms with Crippen molar-refractivity contribution < 1.29 is 19.2 Å². The number of carbonyl (C=O) groups is 2. The van der Waals surface area contributed by atoms with Gasteiger partial charge in [-0.3, -0.25) is 19.7 Å². The summed E-state index contributed by atoms with van der Waals surface area (Å²) >= 11 is 0. The Labute approximate surface area is 150 Å². The Morgan fingerprint density at radius 2 is 1.54 bits per heavy atom. The topological polar surface area (TPSA) is 111 Å². The van der Waals surface area contributed by atoms with E-state index in [-0.39, 0.29) is 30.0 Å². The lowest BCUT2D eigenvalue weighted by Gasteiger charge is -2.10. The van der Waals surface area contributed by atoms with Gasteiger partial charge in [0.1, 0.15) is 5.75 Å². The lowest BCUT2D eigenvalue weighted by atomic mass is 10.2. The van der Waals surface area contributed by atoms with E-state index >= 15 is 0 Å². The first-order valence-electron chi connectivity index (χ1n) is 7.93. The van der Waals surface area contributed by atoms with Crippen LogP contribution in [0.25, 0.3) is 0 Å². The van der Waals surface area contributed by atoms with Gasteiger partial charge >= 0.3 is 0 Å². The number of hydrogen-bond donors (Lipinski definition) is 2. The summed E-state index contributed by atoms with van der Waals surface area (Å²) in [4.78, 5) is 33.6. The standard InChI is InChI=1S/C18H19N3O5/c1-12(2)18(23)20-14-5-3-13(4-6-14)19-17(22)11-26-16-9-7-15(8-10-16)21(24)25/h3-10,12H,11H2,1-2H3,(H,19,22)(H,20,23). The molecule has 26 heavy (non-hydrogen) atoms. The summed E-state index contributed by atoms with van der Waals surface area (Å²) in [5.41, 5.74) is 1.15. The molecule has 0 aliphatic heterocycles. The molecule has 2 amide bonds. The van der Waals surface area contributed by atoms with E-state index in [0.717, 1.165) is 0 Å². The van der Waals surface area contributed by atoms with E-state index in [9.17, 15) is 19.7 Å². The summed E-state index contributed by atoms with van der Waals surface area (Å²) < 4.78 is 5.29. The fraction of sp³-hybridized carbons (Fsp3) is 0.222. The zero-order valence-corrected chi connectivity index (χ0v) is 14.4. The number of carbonyl (C=O) groups excluding carboxylic acids is 2. The molecule has 2 aromatic rings. The van der Waals surface area contributed by atoms with Gasteiger partial charge < -0.3 is 15.4 Å². The summed E-state index contributed by atoms with van der Waals surface area (Å²) in [6.07, 6.45) is 0. The molecule has 8 nitrogen and oxygen atoms in total. The predicted octanol–water partition coefficient (Wildman–Crippen LogP) is 3.21. The fourth-order valence-corrected chi connectivity index (χ4v) is 1.93. The molecule has 0 unspecified atom stereocenters. The van der Waals surface area contributed by atoms with Gasteiger partial charge in [0.15, 0.2) is 6.61 Å². The van der Waals surface area contributed by atoms with Crippen LogP contribution in [-0.4, -0.2) is 23.3 Å². The Bertz CT molecular complexity index is 785. The first kappa shape index (κ1) is 18.9. The maximum Gasteiger partial charge on any atom is 0.269 e. The van der Waals surface area contributed by atoms with Crippen LogP contribution in [-0.2, 0) is 9.59 Å². The van der Waals surface area contributed by atoms with Crippen molar-refractivity contribution in [2.45, 2.75) is 13.8 Å². The number of ether oxygens (including phenoxy) is 1. The Morgan fingerprint density at radius 3 is 2.04 bits per heavy atom. The van der Waals surface area contributed by atoms with Crippen LogP contribution in [0, 0.1) is 16.0 Å². The monoisotopic (exact) mass is 357 g/mol.